The fourth-order valence-electron chi connectivity index (χ4n) is 3.14. The van der Waals surface area contributed by atoms with Crippen LogP contribution in [-0.2, 0) is 4.74 Å². The summed E-state index contributed by atoms with van der Waals surface area (Å²) in [7, 11) is 0. The molecule has 24 heavy (non-hydrogen) atoms. The zero-order valence-electron chi connectivity index (χ0n) is 13.8. The van der Waals surface area contributed by atoms with Crippen molar-refractivity contribution in [2.24, 2.45) is 4.99 Å². The summed E-state index contributed by atoms with van der Waals surface area (Å²) < 4.78 is 18.7. The zero-order valence-corrected chi connectivity index (χ0v) is 17.0. The van der Waals surface area contributed by atoms with Crippen molar-refractivity contribution in [3.63, 3.8) is 0 Å². The number of nitrogens with one attached hydrogen (secondary N) is 2. The number of aliphatic imine (C=N–C) groups is 1. The molecule has 7 heteroatoms. The van der Waals surface area contributed by atoms with Crippen molar-refractivity contribution >= 4 is 41.7 Å². The third kappa shape index (κ3) is 5.49. The van der Waals surface area contributed by atoms with Crippen LogP contribution < -0.4 is 10.6 Å². The number of nitrogens with zero attached hydrogens (tertiary/aromatic N) is 1. The van der Waals surface area contributed by atoms with Crippen LogP contribution in [0.25, 0.3) is 0 Å². The highest BCUT2D eigenvalue weighted by Gasteiger charge is 2.41. The van der Waals surface area contributed by atoms with Gasteiger partial charge in [-0.25, -0.2) is 4.39 Å². The number of thioether (sulfide) groups is 1. The first-order valence-corrected chi connectivity index (χ1v) is 9.32. The van der Waals surface area contributed by atoms with Gasteiger partial charge in [-0.15, -0.1) is 35.7 Å². The number of guanidine groups is 1. The van der Waals surface area contributed by atoms with Crippen LogP contribution >= 0.6 is 35.7 Å². The maximum absolute atomic E-state index is 12.9. The minimum Gasteiger partial charge on any atom is -0.373 e. The van der Waals surface area contributed by atoms with Crippen molar-refractivity contribution in [3.8, 4) is 0 Å². The number of hydrogen-bond acceptors (Lipinski definition) is 3. The molecule has 2 heterocycles. The molecule has 2 N–H and O–H groups in total. The van der Waals surface area contributed by atoms with Gasteiger partial charge in [0.25, 0.3) is 0 Å². The van der Waals surface area contributed by atoms with E-state index in [4.69, 9.17) is 4.74 Å². The first-order valence-electron chi connectivity index (χ1n) is 8.33. The molecule has 2 saturated heterocycles. The predicted molar refractivity (Wildman–Crippen MR) is 108 cm³/mol. The quantitative estimate of drug-likeness (QED) is 0.222. The van der Waals surface area contributed by atoms with Crippen molar-refractivity contribution in [2.45, 2.75) is 49.3 Å². The molecule has 0 spiro atoms. The third-order valence-corrected chi connectivity index (χ3v) is 5.21. The topological polar surface area (TPSA) is 45.7 Å². The van der Waals surface area contributed by atoms with E-state index in [1.54, 1.807) is 23.9 Å². The van der Waals surface area contributed by atoms with Crippen LogP contribution in [0.2, 0.25) is 0 Å². The third-order valence-electron chi connectivity index (χ3n) is 4.22. The van der Waals surface area contributed by atoms with Crippen LogP contribution in [0.5, 0.6) is 0 Å². The molecule has 1 aromatic carbocycles. The predicted octanol–water partition coefficient (Wildman–Crippen LogP) is 3.41. The Morgan fingerprint density at radius 3 is 2.75 bits per heavy atom. The van der Waals surface area contributed by atoms with Crippen molar-refractivity contribution < 1.29 is 9.13 Å². The fraction of sp³-hybridized carbons (Fsp3) is 0.588. The van der Waals surface area contributed by atoms with Gasteiger partial charge in [0.2, 0.25) is 0 Å². The number of fused-ring (bicyclic) bond motifs is 2. The van der Waals surface area contributed by atoms with Gasteiger partial charge in [0.15, 0.2) is 5.96 Å². The Morgan fingerprint density at radius 2 is 2.12 bits per heavy atom. The molecule has 0 aliphatic carbocycles. The number of benzene rings is 1. The molecule has 134 valence electrons. The molecule has 0 amide bonds. The molecule has 0 radical (unpaired) electrons. The van der Waals surface area contributed by atoms with Crippen molar-refractivity contribution in [3.05, 3.63) is 30.1 Å². The van der Waals surface area contributed by atoms with Crippen molar-refractivity contribution in [2.75, 3.05) is 18.8 Å². The maximum Gasteiger partial charge on any atom is 0.191 e. The normalized spacial score (nSPS) is 25.4. The Balaban J connectivity index is 0.00000208. The van der Waals surface area contributed by atoms with Crippen molar-refractivity contribution in [1.29, 1.82) is 0 Å². The summed E-state index contributed by atoms with van der Waals surface area (Å²) >= 11 is 1.69. The van der Waals surface area contributed by atoms with Crippen LogP contribution in [0.4, 0.5) is 4.39 Å². The molecule has 4 nitrogen and oxygen atoms in total. The lowest BCUT2D eigenvalue weighted by Gasteiger charge is -2.22. The Morgan fingerprint density at radius 1 is 1.33 bits per heavy atom. The summed E-state index contributed by atoms with van der Waals surface area (Å²) in [5.74, 6) is 1.54. The largest absolute Gasteiger partial charge is 0.373 e. The van der Waals surface area contributed by atoms with E-state index in [1.165, 1.54) is 18.6 Å². The Bertz CT molecular complexity index is 543. The highest BCUT2D eigenvalue weighted by molar-refractivity contribution is 14.0. The van der Waals surface area contributed by atoms with E-state index in [0.29, 0.717) is 18.2 Å². The molecule has 0 aromatic heterocycles. The molecule has 0 saturated carbocycles. The smallest absolute Gasteiger partial charge is 0.191 e. The molecule has 2 fully saturated rings. The average Bonchev–Trinajstić information content (AvgIpc) is 3.16. The van der Waals surface area contributed by atoms with Gasteiger partial charge in [-0.3, -0.25) is 4.99 Å². The van der Waals surface area contributed by atoms with Gasteiger partial charge in [0.05, 0.1) is 24.8 Å². The second-order valence-corrected chi connectivity index (χ2v) is 7.09. The van der Waals surface area contributed by atoms with E-state index in [-0.39, 0.29) is 29.8 Å². The molecule has 2 bridgehead atoms. The molecule has 3 rings (SSSR count). The Hall–Kier alpha value is -0.540. The molecular formula is C17H25FIN3OS. The van der Waals surface area contributed by atoms with E-state index in [2.05, 4.69) is 22.5 Å². The molecule has 2 aliphatic heterocycles. The van der Waals surface area contributed by atoms with Gasteiger partial charge in [-0.05, 0) is 50.5 Å². The molecule has 2 aliphatic rings. The van der Waals surface area contributed by atoms with Gasteiger partial charge in [-0.1, -0.05) is 0 Å². The summed E-state index contributed by atoms with van der Waals surface area (Å²) in [6.45, 7) is 3.64. The lowest BCUT2D eigenvalue weighted by molar-refractivity contribution is 0.0992. The van der Waals surface area contributed by atoms with E-state index in [9.17, 15) is 4.39 Å². The van der Waals surface area contributed by atoms with Crippen molar-refractivity contribution in [1.82, 2.24) is 10.6 Å². The summed E-state index contributed by atoms with van der Waals surface area (Å²) in [5, 5.41) is 6.81. The minimum atomic E-state index is -0.195. The molecule has 3 atom stereocenters. The zero-order chi connectivity index (χ0) is 16.1. The van der Waals surface area contributed by atoms with Crippen LogP contribution in [0.3, 0.4) is 0 Å². The van der Waals surface area contributed by atoms with E-state index in [1.807, 2.05) is 0 Å². The SMILES string of the molecule is CCNC(=NCCSc1ccc(F)cc1)NC1CC2CCC1O2.I. The Labute approximate surface area is 164 Å². The second kappa shape index (κ2) is 9.82. The van der Waals surface area contributed by atoms with E-state index < -0.39 is 0 Å². The Kier molecular flexibility index (Phi) is 8.09. The van der Waals surface area contributed by atoms with E-state index >= 15 is 0 Å². The van der Waals surface area contributed by atoms with Gasteiger partial charge in [0, 0.05) is 17.2 Å². The minimum absolute atomic E-state index is 0. The van der Waals surface area contributed by atoms with E-state index in [0.717, 1.165) is 42.5 Å². The van der Waals surface area contributed by atoms with Crippen LogP contribution in [-0.4, -0.2) is 43.1 Å². The summed E-state index contributed by atoms with van der Waals surface area (Å²) in [6.07, 6.45) is 4.22. The molecule has 3 unspecified atom stereocenters. The van der Waals surface area contributed by atoms with Crippen LogP contribution in [0.15, 0.2) is 34.2 Å². The summed E-state index contributed by atoms with van der Waals surface area (Å²) in [4.78, 5) is 5.71. The van der Waals surface area contributed by atoms with Gasteiger partial charge < -0.3 is 15.4 Å². The highest BCUT2D eigenvalue weighted by atomic mass is 127. The van der Waals surface area contributed by atoms with Gasteiger partial charge >= 0.3 is 0 Å². The van der Waals surface area contributed by atoms with Crippen LogP contribution in [0, 0.1) is 5.82 Å². The number of halogens is 2. The first kappa shape index (κ1) is 19.8. The lowest BCUT2D eigenvalue weighted by Crippen LogP contribution is -2.47. The summed E-state index contributed by atoms with van der Waals surface area (Å²) in [5.41, 5.74) is 0. The number of ether oxygens (including phenoxy) is 1. The number of rotatable bonds is 6. The fourth-order valence-corrected chi connectivity index (χ4v) is 3.88. The first-order chi connectivity index (χ1) is 11.2. The van der Waals surface area contributed by atoms with Gasteiger partial charge in [0.1, 0.15) is 5.82 Å². The van der Waals surface area contributed by atoms with Gasteiger partial charge in [-0.2, -0.15) is 0 Å². The maximum atomic E-state index is 12.9. The second-order valence-electron chi connectivity index (χ2n) is 5.92. The monoisotopic (exact) mass is 465 g/mol. The molecule has 1 aromatic rings. The summed E-state index contributed by atoms with van der Waals surface area (Å²) in [6, 6.07) is 6.98. The average molecular weight is 465 g/mol. The highest BCUT2D eigenvalue weighted by Crippen LogP contribution is 2.34. The number of hydrogen-bond donors (Lipinski definition) is 2. The van der Waals surface area contributed by atoms with Crippen LogP contribution in [0.1, 0.15) is 26.2 Å². The lowest BCUT2D eigenvalue weighted by atomic mass is 9.96. The standard InChI is InChI=1S/C17H24FN3OS.HI/c1-2-19-17(21-15-11-13-5-8-16(15)22-13)20-9-10-23-14-6-3-12(18)4-7-14;/h3-4,6-7,13,15-16H,2,5,8-11H2,1H3,(H2,19,20,21);1H. The molecular weight excluding hydrogens is 440 g/mol.